The second-order valence-corrected chi connectivity index (χ2v) is 6.70. The molecule has 1 N–H and O–H groups in total. The smallest absolute Gasteiger partial charge is 0.323 e. The molecule has 2 aromatic heterocycles. The summed E-state index contributed by atoms with van der Waals surface area (Å²) >= 11 is 0. The lowest BCUT2D eigenvalue weighted by atomic mass is 9.93. The Morgan fingerprint density at radius 3 is 2.79 bits per heavy atom. The summed E-state index contributed by atoms with van der Waals surface area (Å²) in [4.78, 5) is 14.2. The maximum atomic E-state index is 12.6. The number of hydrogen-bond acceptors (Lipinski definition) is 7. The molecule has 2 aromatic rings. The van der Waals surface area contributed by atoms with Gasteiger partial charge in [0, 0.05) is 24.9 Å². The van der Waals surface area contributed by atoms with E-state index in [-0.39, 0.29) is 11.4 Å². The molecular formula is C15H21N5O4. The molecule has 3 rings (SSSR count). The highest BCUT2D eigenvalue weighted by atomic mass is 16.5. The van der Waals surface area contributed by atoms with Gasteiger partial charge in [-0.2, -0.15) is 0 Å². The highest BCUT2D eigenvalue weighted by Crippen LogP contribution is 2.26. The Labute approximate surface area is 139 Å². The number of amides is 2. The zero-order valence-corrected chi connectivity index (χ0v) is 14.2. The van der Waals surface area contributed by atoms with Crippen molar-refractivity contribution in [2.75, 3.05) is 25.1 Å². The van der Waals surface area contributed by atoms with Gasteiger partial charge in [0.25, 0.3) is 0 Å². The largest absolute Gasteiger partial charge is 0.423 e. The highest BCUT2D eigenvalue weighted by molar-refractivity contribution is 5.88. The van der Waals surface area contributed by atoms with Gasteiger partial charge >= 0.3 is 6.03 Å². The molecule has 9 heteroatoms. The SMILES string of the molecule is Cc1nnc(C2COCCN2C(=O)Nc2cc(C(C)(C)C)on2)o1. The van der Waals surface area contributed by atoms with E-state index in [1.165, 1.54) is 0 Å². The average molecular weight is 335 g/mol. The van der Waals surface area contributed by atoms with Crippen molar-refractivity contribution < 1.29 is 18.5 Å². The van der Waals surface area contributed by atoms with Crippen LogP contribution in [0.5, 0.6) is 0 Å². The number of aryl methyl sites for hydroxylation is 1. The molecule has 2 amide bonds. The second-order valence-electron chi connectivity index (χ2n) is 6.70. The number of anilines is 1. The zero-order chi connectivity index (χ0) is 17.3. The van der Waals surface area contributed by atoms with Crippen LogP contribution >= 0.6 is 0 Å². The van der Waals surface area contributed by atoms with Gasteiger partial charge in [0.15, 0.2) is 5.82 Å². The van der Waals surface area contributed by atoms with Gasteiger partial charge in [0.2, 0.25) is 11.8 Å². The number of carbonyl (C=O) groups excluding carboxylic acids is 1. The van der Waals surface area contributed by atoms with Crippen LogP contribution in [0, 0.1) is 6.92 Å². The Morgan fingerprint density at radius 1 is 1.38 bits per heavy atom. The number of aromatic nitrogens is 3. The molecule has 1 unspecified atom stereocenters. The molecular weight excluding hydrogens is 314 g/mol. The molecule has 1 aliphatic heterocycles. The van der Waals surface area contributed by atoms with Crippen LogP contribution in [0.3, 0.4) is 0 Å². The Hall–Kier alpha value is -2.42. The number of rotatable bonds is 2. The summed E-state index contributed by atoms with van der Waals surface area (Å²) in [6.07, 6.45) is 0. The lowest BCUT2D eigenvalue weighted by Gasteiger charge is -2.32. The topological polar surface area (TPSA) is 107 Å². The van der Waals surface area contributed by atoms with E-state index in [0.717, 1.165) is 0 Å². The highest BCUT2D eigenvalue weighted by Gasteiger charge is 2.33. The molecule has 0 aromatic carbocycles. The van der Waals surface area contributed by atoms with E-state index in [9.17, 15) is 4.79 Å². The molecule has 1 aliphatic rings. The minimum Gasteiger partial charge on any atom is -0.423 e. The molecule has 1 atom stereocenters. The van der Waals surface area contributed by atoms with Crippen LogP contribution in [0.4, 0.5) is 10.6 Å². The number of nitrogens with zero attached hydrogens (tertiary/aromatic N) is 4. The summed E-state index contributed by atoms with van der Waals surface area (Å²) in [6.45, 7) is 8.90. The zero-order valence-electron chi connectivity index (χ0n) is 14.2. The standard InChI is InChI=1S/C15H21N5O4/c1-9-17-18-13(23-9)10-8-22-6-5-20(10)14(21)16-12-7-11(24-19-12)15(2,3)4/h7,10H,5-6,8H2,1-4H3,(H,16,19,21). The van der Waals surface area contributed by atoms with E-state index in [4.69, 9.17) is 13.7 Å². The van der Waals surface area contributed by atoms with E-state index >= 15 is 0 Å². The van der Waals surface area contributed by atoms with Crippen LogP contribution in [0.15, 0.2) is 15.0 Å². The summed E-state index contributed by atoms with van der Waals surface area (Å²) in [6, 6.07) is 0.992. The summed E-state index contributed by atoms with van der Waals surface area (Å²) in [5, 5.41) is 14.5. The van der Waals surface area contributed by atoms with E-state index in [2.05, 4.69) is 20.7 Å². The lowest BCUT2D eigenvalue weighted by Crippen LogP contribution is -2.45. The van der Waals surface area contributed by atoms with E-state index in [1.807, 2.05) is 20.8 Å². The number of ether oxygens (including phenoxy) is 1. The molecule has 9 nitrogen and oxygen atoms in total. The van der Waals surface area contributed by atoms with Crippen molar-refractivity contribution in [3.63, 3.8) is 0 Å². The van der Waals surface area contributed by atoms with E-state index in [0.29, 0.717) is 43.1 Å². The first-order chi connectivity index (χ1) is 11.3. The number of morpholine rings is 1. The predicted octanol–water partition coefficient (Wildman–Crippen LogP) is 2.27. The van der Waals surface area contributed by atoms with Crippen molar-refractivity contribution >= 4 is 11.8 Å². The van der Waals surface area contributed by atoms with E-state index < -0.39 is 6.04 Å². The molecule has 3 heterocycles. The van der Waals surface area contributed by atoms with Gasteiger partial charge in [0.1, 0.15) is 11.8 Å². The van der Waals surface area contributed by atoms with Gasteiger partial charge in [-0.1, -0.05) is 25.9 Å². The predicted molar refractivity (Wildman–Crippen MR) is 83.5 cm³/mol. The number of hydrogen-bond donors (Lipinski definition) is 1. The third-order valence-corrected chi connectivity index (χ3v) is 3.70. The Bertz CT molecular complexity index is 718. The maximum Gasteiger partial charge on any atom is 0.323 e. The molecule has 0 aliphatic carbocycles. The summed E-state index contributed by atoms with van der Waals surface area (Å²) in [5.74, 6) is 1.88. The maximum absolute atomic E-state index is 12.6. The molecule has 0 saturated carbocycles. The second kappa shape index (κ2) is 6.23. The molecule has 1 fully saturated rings. The normalized spacial score (nSPS) is 18.7. The molecule has 0 bridgehead atoms. The van der Waals surface area contributed by atoms with Crippen molar-refractivity contribution in [3.05, 3.63) is 23.6 Å². The third-order valence-electron chi connectivity index (χ3n) is 3.70. The minimum atomic E-state index is -0.422. The van der Waals surface area contributed by atoms with Gasteiger partial charge < -0.3 is 18.6 Å². The molecule has 0 spiro atoms. The number of urea groups is 1. The van der Waals surface area contributed by atoms with Crippen molar-refractivity contribution in [2.45, 2.75) is 39.2 Å². The Morgan fingerprint density at radius 2 is 2.17 bits per heavy atom. The monoisotopic (exact) mass is 335 g/mol. The first kappa shape index (κ1) is 16.4. The summed E-state index contributed by atoms with van der Waals surface area (Å²) in [7, 11) is 0. The van der Waals surface area contributed by atoms with Crippen LogP contribution in [-0.2, 0) is 10.2 Å². The van der Waals surface area contributed by atoms with Gasteiger partial charge in [0.05, 0.1) is 13.2 Å². The quantitative estimate of drug-likeness (QED) is 0.897. The average Bonchev–Trinajstić information content (AvgIpc) is 3.16. The molecule has 0 radical (unpaired) electrons. The first-order valence-corrected chi connectivity index (χ1v) is 7.77. The fourth-order valence-electron chi connectivity index (χ4n) is 2.37. The molecule has 24 heavy (non-hydrogen) atoms. The van der Waals surface area contributed by atoms with Gasteiger partial charge in [-0.05, 0) is 0 Å². The van der Waals surface area contributed by atoms with Crippen molar-refractivity contribution in [3.8, 4) is 0 Å². The van der Waals surface area contributed by atoms with Crippen LogP contribution in [0.2, 0.25) is 0 Å². The number of nitrogens with one attached hydrogen (secondary N) is 1. The van der Waals surface area contributed by atoms with Gasteiger partial charge in [-0.3, -0.25) is 5.32 Å². The van der Waals surface area contributed by atoms with Gasteiger partial charge in [-0.15, -0.1) is 10.2 Å². The lowest BCUT2D eigenvalue weighted by molar-refractivity contribution is 0.00508. The Kier molecular flexibility index (Phi) is 4.27. The van der Waals surface area contributed by atoms with Crippen LogP contribution in [-0.4, -0.2) is 46.0 Å². The van der Waals surface area contributed by atoms with Crippen LogP contribution in [0.1, 0.15) is 44.4 Å². The Balaban J connectivity index is 1.73. The minimum absolute atomic E-state index is 0.182. The van der Waals surface area contributed by atoms with E-state index in [1.54, 1.807) is 17.9 Å². The summed E-state index contributed by atoms with van der Waals surface area (Å²) in [5.41, 5.74) is -0.182. The number of carbonyl (C=O) groups is 1. The van der Waals surface area contributed by atoms with Crippen LogP contribution < -0.4 is 5.32 Å². The fourth-order valence-corrected chi connectivity index (χ4v) is 2.37. The van der Waals surface area contributed by atoms with Gasteiger partial charge in [-0.25, -0.2) is 4.79 Å². The van der Waals surface area contributed by atoms with Crippen molar-refractivity contribution in [1.82, 2.24) is 20.3 Å². The first-order valence-electron chi connectivity index (χ1n) is 7.77. The summed E-state index contributed by atoms with van der Waals surface area (Å²) < 4.78 is 16.2. The molecule has 1 saturated heterocycles. The van der Waals surface area contributed by atoms with Crippen molar-refractivity contribution in [2.24, 2.45) is 0 Å². The third kappa shape index (κ3) is 3.40. The van der Waals surface area contributed by atoms with Crippen LogP contribution in [0.25, 0.3) is 0 Å². The van der Waals surface area contributed by atoms with Crippen molar-refractivity contribution in [1.29, 1.82) is 0 Å². The fraction of sp³-hybridized carbons (Fsp3) is 0.600. The molecule has 130 valence electrons.